The first-order valence-corrected chi connectivity index (χ1v) is 6.46. The second-order valence-corrected chi connectivity index (χ2v) is 5.61. The highest BCUT2D eigenvalue weighted by molar-refractivity contribution is 5.79. The van der Waals surface area contributed by atoms with Gasteiger partial charge in [-0.05, 0) is 19.8 Å². The van der Waals surface area contributed by atoms with Crippen LogP contribution in [-0.2, 0) is 9.59 Å². The van der Waals surface area contributed by atoms with Crippen LogP contribution in [0.2, 0.25) is 0 Å². The van der Waals surface area contributed by atoms with Crippen molar-refractivity contribution in [2.24, 2.45) is 11.8 Å². The fourth-order valence-corrected chi connectivity index (χ4v) is 2.15. The van der Waals surface area contributed by atoms with Gasteiger partial charge in [0.05, 0.1) is 0 Å². The first-order valence-electron chi connectivity index (χ1n) is 6.46. The summed E-state index contributed by atoms with van der Waals surface area (Å²) in [6.07, 6.45) is 1.13. The Hall–Kier alpha value is -1.06. The van der Waals surface area contributed by atoms with Gasteiger partial charge in [0.25, 0.3) is 0 Å². The standard InChI is InChI=1S/C13H24N2O2/c1-9(2)5-12(16)14-7-11-6-13(17)15(8-11)10(3)4/h9-11H,5-8H2,1-4H3,(H,14,16). The predicted molar refractivity (Wildman–Crippen MR) is 67.4 cm³/mol. The van der Waals surface area contributed by atoms with Crippen LogP contribution in [0.15, 0.2) is 0 Å². The summed E-state index contributed by atoms with van der Waals surface area (Å²) in [6.45, 7) is 9.51. The SMILES string of the molecule is CC(C)CC(=O)NCC1CC(=O)N(C(C)C)C1. The molecule has 0 bridgehead atoms. The highest BCUT2D eigenvalue weighted by Gasteiger charge is 2.30. The number of likely N-dealkylation sites (tertiary alicyclic amines) is 1. The molecule has 1 N–H and O–H groups in total. The molecule has 1 fully saturated rings. The molecule has 0 spiro atoms. The smallest absolute Gasteiger partial charge is 0.223 e. The summed E-state index contributed by atoms with van der Waals surface area (Å²) in [5.74, 6) is 0.965. The third-order valence-corrected chi connectivity index (χ3v) is 3.04. The maximum atomic E-state index is 11.7. The molecule has 4 heteroatoms. The zero-order chi connectivity index (χ0) is 13.0. The van der Waals surface area contributed by atoms with E-state index in [0.29, 0.717) is 25.3 Å². The molecular formula is C13H24N2O2. The molecule has 0 aromatic rings. The molecule has 1 unspecified atom stereocenters. The maximum absolute atomic E-state index is 11.7. The summed E-state index contributed by atoms with van der Waals surface area (Å²) < 4.78 is 0. The van der Waals surface area contributed by atoms with Crippen molar-refractivity contribution in [3.8, 4) is 0 Å². The molecule has 4 nitrogen and oxygen atoms in total. The van der Waals surface area contributed by atoms with E-state index in [1.165, 1.54) is 0 Å². The summed E-state index contributed by atoms with van der Waals surface area (Å²) in [5.41, 5.74) is 0. The Morgan fingerprint density at radius 3 is 2.53 bits per heavy atom. The lowest BCUT2D eigenvalue weighted by atomic mass is 10.1. The van der Waals surface area contributed by atoms with Crippen molar-refractivity contribution >= 4 is 11.8 Å². The van der Waals surface area contributed by atoms with Gasteiger partial charge in [0.2, 0.25) is 11.8 Å². The zero-order valence-corrected chi connectivity index (χ0v) is 11.3. The van der Waals surface area contributed by atoms with Crippen LogP contribution < -0.4 is 5.32 Å². The van der Waals surface area contributed by atoms with Crippen molar-refractivity contribution in [1.82, 2.24) is 10.2 Å². The van der Waals surface area contributed by atoms with Crippen LogP contribution in [-0.4, -0.2) is 35.8 Å². The largest absolute Gasteiger partial charge is 0.356 e. The van der Waals surface area contributed by atoms with Crippen molar-refractivity contribution in [2.75, 3.05) is 13.1 Å². The lowest BCUT2D eigenvalue weighted by Gasteiger charge is -2.21. The minimum Gasteiger partial charge on any atom is -0.356 e. The van der Waals surface area contributed by atoms with E-state index < -0.39 is 0 Å². The van der Waals surface area contributed by atoms with Gasteiger partial charge in [-0.1, -0.05) is 13.8 Å². The molecule has 1 atom stereocenters. The highest BCUT2D eigenvalue weighted by Crippen LogP contribution is 2.19. The van der Waals surface area contributed by atoms with Gasteiger partial charge in [0.15, 0.2) is 0 Å². The summed E-state index contributed by atoms with van der Waals surface area (Å²) >= 11 is 0. The topological polar surface area (TPSA) is 49.4 Å². The number of hydrogen-bond acceptors (Lipinski definition) is 2. The summed E-state index contributed by atoms with van der Waals surface area (Å²) in [7, 11) is 0. The van der Waals surface area contributed by atoms with Gasteiger partial charge in [-0.3, -0.25) is 9.59 Å². The number of hydrogen-bond donors (Lipinski definition) is 1. The molecule has 1 heterocycles. The molecule has 1 aliphatic heterocycles. The lowest BCUT2D eigenvalue weighted by molar-refractivity contribution is -0.129. The normalized spacial score (nSPS) is 20.5. The zero-order valence-electron chi connectivity index (χ0n) is 11.3. The number of rotatable bonds is 5. The summed E-state index contributed by atoms with van der Waals surface area (Å²) in [5, 5.41) is 2.92. The highest BCUT2D eigenvalue weighted by atomic mass is 16.2. The molecule has 98 valence electrons. The summed E-state index contributed by atoms with van der Waals surface area (Å²) in [4.78, 5) is 25.0. The van der Waals surface area contributed by atoms with Crippen molar-refractivity contribution in [3.63, 3.8) is 0 Å². The quantitative estimate of drug-likeness (QED) is 0.790. The Morgan fingerprint density at radius 2 is 2.06 bits per heavy atom. The lowest BCUT2D eigenvalue weighted by Crippen LogP contribution is -2.34. The second kappa shape index (κ2) is 6.03. The van der Waals surface area contributed by atoms with Crippen LogP contribution in [0, 0.1) is 11.8 Å². The average molecular weight is 240 g/mol. The first kappa shape index (κ1) is 14.0. The average Bonchev–Trinajstić information content (AvgIpc) is 2.56. The third-order valence-electron chi connectivity index (χ3n) is 3.04. The third kappa shape index (κ3) is 4.36. The van der Waals surface area contributed by atoms with Crippen LogP contribution in [0.4, 0.5) is 0 Å². The van der Waals surface area contributed by atoms with Crippen LogP contribution >= 0.6 is 0 Å². The molecule has 1 saturated heterocycles. The maximum Gasteiger partial charge on any atom is 0.223 e. The fraction of sp³-hybridized carbons (Fsp3) is 0.846. The van der Waals surface area contributed by atoms with E-state index in [1.807, 2.05) is 32.6 Å². The molecule has 0 aromatic carbocycles. The Balaban J connectivity index is 2.30. The number of carbonyl (C=O) groups is 2. The van der Waals surface area contributed by atoms with Gasteiger partial charge in [0.1, 0.15) is 0 Å². The van der Waals surface area contributed by atoms with Crippen molar-refractivity contribution in [3.05, 3.63) is 0 Å². The van der Waals surface area contributed by atoms with Gasteiger partial charge in [0, 0.05) is 37.9 Å². The van der Waals surface area contributed by atoms with Gasteiger partial charge >= 0.3 is 0 Å². The van der Waals surface area contributed by atoms with Crippen LogP contribution in [0.3, 0.4) is 0 Å². The number of nitrogens with one attached hydrogen (secondary N) is 1. The molecule has 17 heavy (non-hydrogen) atoms. The van der Waals surface area contributed by atoms with Crippen LogP contribution in [0.5, 0.6) is 0 Å². The number of carbonyl (C=O) groups excluding carboxylic acids is 2. The van der Waals surface area contributed by atoms with E-state index in [0.717, 1.165) is 6.54 Å². The van der Waals surface area contributed by atoms with E-state index in [-0.39, 0.29) is 23.8 Å². The Kier molecular flexibility index (Phi) is 4.97. The van der Waals surface area contributed by atoms with Crippen molar-refractivity contribution in [2.45, 2.75) is 46.6 Å². The number of nitrogens with zero attached hydrogens (tertiary/aromatic N) is 1. The second-order valence-electron chi connectivity index (χ2n) is 5.61. The molecular weight excluding hydrogens is 216 g/mol. The van der Waals surface area contributed by atoms with E-state index in [9.17, 15) is 9.59 Å². The molecule has 0 radical (unpaired) electrons. The van der Waals surface area contributed by atoms with E-state index in [4.69, 9.17) is 0 Å². The predicted octanol–water partition coefficient (Wildman–Crippen LogP) is 1.41. The Morgan fingerprint density at radius 1 is 1.41 bits per heavy atom. The van der Waals surface area contributed by atoms with Gasteiger partial charge < -0.3 is 10.2 Å². The fourth-order valence-electron chi connectivity index (χ4n) is 2.15. The molecule has 0 saturated carbocycles. The van der Waals surface area contributed by atoms with E-state index in [2.05, 4.69) is 5.32 Å². The van der Waals surface area contributed by atoms with Crippen molar-refractivity contribution < 1.29 is 9.59 Å². The van der Waals surface area contributed by atoms with E-state index in [1.54, 1.807) is 0 Å². The molecule has 0 aliphatic carbocycles. The van der Waals surface area contributed by atoms with Gasteiger partial charge in [-0.25, -0.2) is 0 Å². The van der Waals surface area contributed by atoms with Gasteiger partial charge in [-0.15, -0.1) is 0 Å². The molecule has 1 aliphatic rings. The summed E-state index contributed by atoms with van der Waals surface area (Å²) in [6, 6.07) is 0.263. The Bertz CT molecular complexity index is 287. The number of amides is 2. The minimum absolute atomic E-state index is 0.0930. The van der Waals surface area contributed by atoms with Crippen LogP contribution in [0.25, 0.3) is 0 Å². The molecule has 0 aromatic heterocycles. The Labute approximate surface area is 104 Å². The first-order chi connectivity index (χ1) is 7.90. The van der Waals surface area contributed by atoms with E-state index >= 15 is 0 Å². The minimum atomic E-state index is 0.0930. The monoisotopic (exact) mass is 240 g/mol. The van der Waals surface area contributed by atoms with Gasteiger partial charge in [-0.2, -0.15) is 0 Å². The van der Waals surface area contributed by atoms with Crippen molar-refractivity contribution in [1.29, 1.82) is 0 Å². The molecule has 1 rings (SSSR count). The van der Waals surface area contributed by atoms with Crippen LogP contribution in [0.1, 0.15) is 40.5 Å². The molecule has 2 amide bonds.